The number of carboxylic acids is 1. The van der Waals surface area contributed by atoms with E-state index in [0.717, 1.165) is 69.6 Å². The van der Waals surface area contributed by atoms with Crippen molar-refractivity contribution in [3.05, 3.63) is 58.6 Å². The average molecular weight is 413 g/mol. The number of rotatable bonds is 6. The largest absolute Gasteiger partial charge is 0.480 e. The molecule has 2 aliphatic heterocycles. The van der Waals surface area contributed by atoms with E-state index in [4.69, 9.17) is 11.6 Å². The Morgan fingerprint density at radius 3 is 2.59 bits per heavy atom. The molecule has 4 nitrogen and oxygen atoms in total. The fourth-order valence-electron chi connectivity index (χ4n) is 4.75. The standard InChI is InChI=1S/C24H29ClN2O2/c25-20-13-12-19-11-10-18-7-1-2-8-21(18)27(23(19)17-20)16-6-5-15-26-14-4-3-9-22(26)24(28)29/h1-2,7-8,12-13,17,22H,3-6,9-11,14-16H2,(H,28,29)/t22-/m1/s1. The molecule has 1 N–H and O–H groups in total. The number of aliphatic carboxylic acids is 1. The Labute approximate surface area is 178 Å². The van der Waals surface area contributed by atoms with Gasteiger partial charge in [-0.2, -0.15) is 0 Å². The van der Waals surface area contributed by atoms with Crippen molar-refractivity contribution >= 4 is 28.9 Å². The van der Waals surface area contributed by atoms with Crippen LogP contribution in [-0.4, -0.2) is 41.7 Å². The molecule has 1 atom stereocenters. The predicted octanol–water partition coefficient (Wildman–Crippen LogP) is 5.30. The Bertz CT molecular complexity index is 870. The van der Waals surface area contributed by atoms with Gasteiger partial charge in [-0.1, -0.05) is 42.3 Å². The maximum absolute atomic E-state index is 11.5. The van der Waals surface area contributed by atoms with Gasteiger partial charge < -0.3 is 10.0 Å². The van der Waals surface area contributed by atoms with Crippen LogP contribution >= 0.6 is 11.6 Å². The number of piperidine rings is 1. The van der Waals surface area contributed by atoms with Gasteiger partial charge in [0.25, 0.3) is 0 Å². The first-order valence-electron chi connectivity index (χ1n) is 10.7. The predicted molar refractivity (Wildman–Crippen MR) is 118 cm³/mol. The highest BCUT2D eigenvalue weighted by molar-refractivity contribution is 6.30. The van der Waals surface area contributed by atoms with Gasteiger partial charge in [0.05, 0.1) is 0 Å². The number of aryl methyl sites for hydroxylation is 2. The summed E-state index contributed by atoms with van der Waals surface area (Å²) in [5.41, 5.74) is 5.20. The fraction of sp³-hybridized carbons (Fsp3) is 0.458. The van der Waals surface area contributed by atoms with Gasteiger partial charge in [-0.15, -0.1) is 0 Å². The Balaban J connectivity index is 1.47. The second kappa shape index (κ2) is 9.19. The van der Waals surface area contributed by atoms with E-state index < -0.39 is 5.97 Å². The third-order valence-electron chi connectivity index (χ3n) is 6.26. The Morgan fingerprint density at radius 2 is 1.76 bits per heavy atom. The Morgan fingerprint density at radius 1 is 1.00 bits per heavy atom. The summed E-state index contributed by atoms with van der Waals surface area (Å²) in [5.74, 6) is -0.672. The molecule has 4 rings (SSSR count). The minimum atomic E-state index is -0.672. The molecule has 0 aliphatic carbocycles. The molecule has 1 saturated heterocycles. The number of hydrogen-bond acceptors (Lipinski definition) is 3. The SMILES string of the molecule is O=C(O)[C@H]1CCCCN1CCCCN1c2ccccc2CCc2ccc(Cl)cc21. The number of fused-ring (bicyclic) bond motifs is 2. The first-order chi connectivity index (χ1) is 14.1. The van der Waals surface area contributed by atoms with Gasteiger partial charge in [-0.3, -0.25) is 9.69 Å². The number of nitrogens with zero attached hydrogens (tertiary/aromatic N) is 2. The van der Waals surface area contributed by atoms with E-state index in [1.807, 2.05) is 6.07 Å². The van der Waals surface area contributed by atoms with Crippen molar-refractivity contribution < 1.29 is 9.90 Å². The molecule has 2 aromatic rings. The van der Waals surface area contributed by atoms with E-state index in [0.29, 0.717) is 0 Å². The third-order valence-corrected chi connectivity index (χ3v) is 6.50. The lowest BCUT2D eigenvalue weighted by molar-refractivity contribution is -0.144. The van der Waals surface area contributed by atoms with Crippen molar-refractivity contribution in [3.8, 4) is 0 Å². The smallest absolute Gasteiger partial charge is 0.320 e. The molecular weight excluding hydrogens is 384 g/mol. The topological polar surface area (TPSA) is 43.8 Å². The summed E-state index contributed by atoms with van der Waals surface area (Å²) in [6.07, 6.45) is 6.98. The molecule has 5 heteroatoms. The molecule has 2 heterocycles. The lowest BCUT2D eigenvalue weighted by atomic mass is 10.0. The molecule has 0 spiro atoms. The number of benzene rings is 2. The number of carbonyl (C=O) groups is 1. The monoisotopic (exact) mass is 412 g/mol. The lowest BCUT2D eigenvalue weighted by Crippen LogP contribution is -2.45. The van der Waals surface area contributed by atoms with Crippen LogP contribution in [0.5, 0.6) is 0 Å². The van der Waals surface area contributed by atoms with Crippen molar-refractivity contribution in [2.45, 2.75) is 51.0 Å². The number of unbranched alkanes of at least 4 members (excludes halogenated alkanes) is 1. The first-order valence-corrected chi connectivity index (χ1v) is 11.1. The zero-order valence-corrected chi connectivity index (χ0v) is 17.6. The number of carboxylic acid groups (broad SMARTS) is 1. The minimum Gasteiger partial charge on any atom is -0.480 e. The molecule has 0 unspecified atom stereocenters. The van der Waals surface area contributed by atoms with Crippen LogP contribution in [0.15, 0.2) is 42.5 Å². The molecule has 0 saturated carbocycles. The van der Waals surface area contributed by atoms with E-state index >= 15 is 0 Å². The van der Waals surface area contributed by atoms with Gasteiger partial charge in [-0.25, -0.2) is 0 Å². The van der Waals surface area contributed by atoms with Gasteiger partial charge in [0.1, 0.15) is 6.04 Å². The van der Waals surface area contributed by atoms with Gasteiger partial charge in [0, 0.05) is 22.9 Å². The summed E-state index contributed by atoms with van der Waals surface area (Å²) in [6.45, 7) is 2.67. The summed E-state index contributed by atoms with van der Waals surface area (Å²) < 4.78 is 0. The van der Waals surface area contributed by atoms with E-state index in [1.54, 1.807) is 0 Å². The first kappa shape index (κ1) is 20.2. The zero-order chi connectivity index (χ0) is 20.2. The molecule has 1 fully saturated rings. The quantitative estimate of drug-likeness (QED) is 0.654. The fourth-order valence-corrected chi connectivity index (χ4v) is 4.91. The van der Waals surface area contributed by atoms with Crippen molar-refractivity contribution in [1.82, 2.24) is 4.90 Å². The second-order valence-corrected chi connectivity index (χ2v) is 8.58. The van der Waals surface area contributed by atoms with E-state index in [2.05, 4.69) is 46.2 Å². The molecule has 154 valence electrons. The molecule has 0 bridgehead atoms. The summed E-state index contributed by atoms with van der Waals surface area (Å²) in [6, 6.07) is 14.6. The van der Waals surface area contributed by atoms with Crippen LogP contribution in [0.25, 0.3) is 0 Å². The number of hydrogen-bond donors (Lipinski definition) is 1. The van der Waals surface area contributed by atoms with Gasteiger partial charge in [-0.05, 0) is 80.9 Å². The highest BCUT2D eigenvalue weighted by atomic mass is 35.5. The maximum Gasteiger partial charge on any atom is 0.320 e. The van der Waals surface area contributed by atoms with E-state index in [1.165, 1.54) is 22.5 Å². The number of para-hydroxylation sites is 1. The normalized spacial score (nSPS) is 19.3. The van der Waals surface area contributed by atoms with Crippen molar-refractivity contribution in [3.63, 3.8) is 0 Å². The highest BCUT2D eigenvalue weighted by Crippen LogP contribution is 2.37. The molecule has 2 aromatic carbocycles. The van der Waals surface area contributed by atoms with Crippen molar-refractivity contribution in [1.29, 1.82) is 0 Å². The Hall–Kier alpha value is -2.04. The van der Waals surface area contributed by atoms with Gasteiger partial charge >= 0.3 is 5.97 Å². The molecule has 0 aromatic heterocycles. The van der Waals surface area contributed by atoms with Crippen molar-refractivity contribution in [2.24, 2.45) is 0 Å². The number of likely N-dealkylation sites (tertiary alicyclic amines) is 1. The molecular formula is C24H29ClN2O2. The zero-order valence-electron chi connectivity index (χ0n) is 16.8. The van der Waals surface area contributed by atoms with Crippen LogP contribution in [0.2, 0.25) is 5.02 Å². The van der Waals surface area contributed by atoms with Crippen LogP contribution in [0.4, 0.5) is 11.4 Å². The van der Waals surface area contributed by atoms with Crippen LogP contribution in [-0.2, 0) is 17.6 Å². The summed E-state index contributed by atoms with van der Waals surface area (Å²) >= 11 is 6.34. The van der Waals surface area contributed by atoms with Crippen LogP contribution in [0.3, 0.4) is 0 Å². The number of anilines is 2. The lowest BCUT2D eigenvalue weighted by Gasteiger charge is -2.33. The molecule has 29 heavy (non-hydrogen) atoms. The van der Waals surface area contributed by atoms with E-state index in [-0.39, 0.29) is 6.04 Å². The maximum atomic E-state index is 11.5. The third kappa shape index (κ3) is 4.59. The van der Waals surface area contributed by atoms with Crippen LogP contribution in [0.1, 0.15) is 43.2 Å². The second-order valence-electron chi connectivity index (χ2n) is 8.15. The highest BCUT2D eigenvalue weighted by Gasteiger charge is 2.28. The summed E-state index contributed by atoms with van der Waals surface area (Å²) in [5, 5.41) is 10.3. The summed E-state index contributed by atoms with van der Waals surface area (Å²) in [4.78, 5) is 16.1. The van der Waals surface area contributed by atoms with Crippen LogP contribution < -0.4 is 4.90 Å². The van der Waals surface area contributed by atoms with E-state index in [9.17, 15) is 9.90 Å². The summed E-state index contributed by atoms with van der Waals surface area (Å²) in [7, 11) is 0. The van der Waals surface area contributed by atoms with Crippen LogP contribution in [0, 0.1) is 0 Å². The Kier molecular flexibility index (Phi) is 6.41. The van der Waals surface area contributed by atoms with Crippen molar-refractivity contribution in [2.75, 3.05) is 24.5 Å². The van der Waals surface area contributed by atoms with Gasteiger partial charge in [0.15, 0.2) is 0 Å². The molecule has 0 amide bonds. The number of halogens is 1. The minimum absolute atomic E-state index is 0.304. The molecule has 0 radical (unpaired) electrons. The van der Waals surface area contributed by atoms with Gasteiger partial charge in [0.2, 0.25) is 0 Å². The molecule has 2 aliphatic rings. The average Bonchev–Trinajstić information content (AvgIpc) is 2.88.